The van der Waals surface area contributed by atoms with Crippen molar-refractivity contribution in [2.45, 2.75) is 108 Å². The zero-order valence-electron chi connectivity index (χ0n) is 32.7. The van der Waals surface area contributed by atoms with Gasteiger partial charge in [0.1, 0.15) is 0 Å². The van der Waals surface area contributed by atoms with Gasteiger partial charge in [-0.25, -0.2) is 0 Å². The van der Waals surface area contributed by atoms with Gasteiger partial charge in [-0.3, -0.25) is 4.79 Å². The number of nitrogens with one attached hydrogen (secondary N) is 3. The standard InChI is InChI=1S/C12H17NOS.C9H21NS.C8H20N.C8H19N.ClH/c1-12(2,3)8-13-11(14)9-6-4-5-7-10(9)15;1-8(6-11)5-10-7-9(2,3)4;1-8(2,3)7-9(4,5)6;1-5-6-9-7-8(2,3)4;/h4-7,15H,8H2,1-3H3,(H,13,14);8,10-11H,5-7H2,1-4H3;7H2,1-6H3;9H,5-7H2,1-4H3;1H/q;;+1;;/p-1. The third-order valence-corrected chi connectivity index (χ3v) is 6.43. The van der Waals surface area contributed by atoms with Crippen molar-refractivity contribution in [2.75, 3.05) is 66.2 Å². The predicted octanol–water partition coefficient (Wildman–Crippen LogP) is 5.71. The van der Waals surface area contributed by atoms with Crippen LogP contribution in [0.25, 0.3) is 0 Å². The van der Waals surface area contributed by atoms with E-state index < -0.39 is 0 Å². The number of carbonyl (C=O) groups excluding carboxylic acids is 1. The first-order chi connectivity index (χ1) is 19.6. The fourth-order valence-electron chi connectivity index (χ4n) is 3.93. The van der Waals surface area contributed by atoms with Gasteiger partial charge in [0.25, 0.3) is 5.91 Å². The molecule has 1 aromatic rings. The van der Waals surface area contributed by atoms with Gasteiger partial charge in [0.15, 0.2) is 0 Å². The second-order valence-electron chi connectivity index (χ2n) is 18.0. The second-order valence-corrected chi connectivity index (χ2v) is 18.8. The number of hydrogen-bond donors (Lipinski definition) is 5. The number of benzene rings is 1. The molecule has 1 rings (SSSR count). The molecule has 1 unspecified atom stereocenters. The lowest BCUT2D eigenvalue weighted by Crippen LogP contribution is -3.00. The summed E-state index contributed by atoms with van der Waals surface area (Å²) in [6.45, 7) is 37.3. The molecule has 1 aromatic carbocycles. The van der Waals surface area contributed by atoms with Gasteiger partial charge in [-0.05, 0) is 72.6 Å². The molecule has 1 atom stereocenters. The molecule has 270 valence electrons. The first-order valence-electron chi connectivity index (χ1n) is 16.5. The van der Waals surface area contributed by atoms with Crippen LogP contribution >= 0.6 is 25.3 Å². The minimum atomic E-state index is -0.0597. The van der Waals surface area contributed by atoms with Crippen LogP contribution in [-0.4, -0.2) is 76.6 Å². The van der Waals surface area contributed by atoms with Gasteiger partial charge in [0, 0.05) is 16.9 Å². The molecule has 0 saturated heterocycles. The van der Waals surface area contributed by atoms with E-state index >= 15 is 0 Å². The summed E-state index contributed by atoms with van der Waals surface area (Å²) in [5.41, 5.74) is 2.02. The maximum absolute atomic E-state index is 11.8. The Kier molecular flexibility index (Phi) is 28.2. The van der Waals surface area contributed by atoms with Gasteiger partial charge in [-0.1, -0.05) is 109 Å². The van der Waals surface area contributed by atoms with Crippen molar-refractivity contribution in [3.05, 3.63) is 29.8 Å². The lowest BCUT2D eigenvalue weighted by molar-refractivity contribution is -0.876. The summed E-state index contributed by atoms with van der Waals surface area (Å²) in [6, 6.07) is 7.30. The summed E-state index contributed by atoms with van der Waals surface area (Å²) in [5.74, 6) is 1.59. The van der Waals surface area contributed by atoms with Gasteiger partial charge >= 0.3 is 0 Å². The Morgan fingerprint density at radius 3 is 1.56 bits per heavy atom. The van der Waals surface area contributed by atoms with Gasteiger partial charge < -0.3 is 32.8 Å². The zero-order chi connectivity index (χ0) is 35.4. The first kappa shape index (κ1) is 51.4. The number of hydrogen-bond acceptors (Lipinski definition) is 5. The van der Waals surface area contributed by atoms with Gasteiger partial charge in [0.2, 0.25) is 0 Å². The predicted molar refractivity (Wildman–Crippen MR) is 206 cm³/mol. The molecule has 0 fully saturated rings. The van der Waals surface area contributed by atoms with Crippen LogP contribution in [-0.2, 0) is 0 Å². The second kappa shape index (κ2) is 24.7. The topological polar surface area (TPSA) is 53.2 Å². The van der Waals surface area contributed by atoms with E-state index in [0.717, 1.165) is 36.4 Å². The van der Waals surface area contributed by atoms with Crippen molar-refractivity contribution in [1.82, 2.24) is 16.0 Å². The van der Waals surface area contributed by atoms with Gasteiger partial charge in [-0.15, -0.1) is 12.6 Å². The first-order valence-corrected chi connectivity index (χ1v) is 17.6. The molecule has 0 aliphatic heterocycles. The largest absolute Gasteiger partial charge is 1.00 e. The number of quaternary nitrogens is 1. The molecule has 0 aliphatic carbocycles. The summed E-state index contributed by atoms with van der Waals surface area (Å²) in [4.78, 5) is 12.5. The van der Waals surface area contributed by atoms with E-state index in [9.17, 15) is 4.79 Å². The quantitative estimate of drug-likeness (QED) is 0.124. The molecule has 5 nitrogen and oxygen atoms in total. The number of halogens is 1. The van der Waals surface area contributed by atoms with Gasteiger partial charge in [0.05, 0.1) is 33.3 Å². The van der Waals surface area contributed by atoms with Crippen molar-refractivity contribution < 1.29 is 21.7 Å². The highest BCUT2D eigenvalue weighted by Gasteiger charge is 2.19. The van der Waals surface area contributed by atoms with Crippen LogP contribution in [0.15, 0.2) is 29.2 Å². The highest BCUT2D eigenvalue weighted by Crippen LogP contribution is 2.16. The van der Waals surface area contributed by atoms with Crippen molar-refractivity contribution in [1.29, 1.82) is 0 Å². The summed E-state index contributed by atoms with van der Waals surface area (Å²) in [6.07, 6.45) is 1.23. The number of rotatable bonds is 10. The number of nitrogens with zero attached hydrogens (tertiary/aromatic N) is 1. The van der Waals surface area contributed by atoms with Crippen LogP contribution in [0.1, 0.15) is 114 Å². The van der Waals surface area contributed by atoms with Crippen molar-refractivity contribution in [3.8, 4) is 0 Å². The fourth-order valence-corrected chi connectivity index (χ4v) is 4.32. The van der Waals surface area contributed by atoms with Crippen molar-refractivity contribution >= 4 is 31.2 Å². The van der Waals surface area contributed by atoms with Gasteiger partial charge in [-0.2, -0.15) is 12.6 Å². The molecule has 0 heterocycles. The average Bonchev–Trinajstić information content (AvgIpc) is 2.80. The van der Waals surface area contributed by atoms with Crippen LogP contribution in [0.2, 0.25) is 0 Å². The Labute approximate surface area is 299 Å². The summed E-state index contributed by atoms with van der Waals surface area (Å²) < 4.78 is 1.06. The van der Waals surface area contributed by atoms with E-state index in [1.165, 1.54) is 13.0 Å². The van der Waals surface area contributed by atoms with Crippen LogP contribution in [0.5, 0.6) is 0 Å². The summed E-state index contributed by atoms with van der Waals surface area (Å²) in [5, 5.41) is 9.69. The lowest BCUT2D eigenvalue weighted by Gasteiger charge is -2.31. The molecule has 1 amide bonds. The third kappa shape index (κ3) is 43.6. The molecule has 0 saturated carbocycles. The highest BCUT2D eigenvalue weighted by atomic mass is 35.5. The van der Waals surface area contributed by atoms with E-state index in [0.29, 0.717) is 39.2 Å². The third-order valence-electron chi connectivity index (χ3n) is 5.42. The van der Waals surface area contributed by atoms with E-state index in [4.69, 9.17) is 0 Å². The van der Waals surface area contributed by atoms with Crippen molar-refractivity contribution in [2.24, 2.45) is 27.6 Å². The number of carbonyl (C=O) groups is 1. The SMILES string of the molecule is CC(C)(C)CNC(=O)c1ccccc1S.CC(C)(C)C[N+](C)(C)C.CC(CS)CNCC(C)(C)C.CCCNCC(C)(C)C.[Cl-]. The van der Waals surface area contributed by atoms with Crippen LogP contribution in [0.4, 0.5) is 0 Å². The Bertz CT molecular complexity index is 849. The average molecular weight is 694 g/mol. The highest BCUT2D eigenvalue weighted by molar-refractivity contribution is 7.80. The summed E-state index contributed by atoms with van der Waals surface area (Å²) in [7, 11) is 6.68. The molecule has 0 spiro atoms. The lowest BCUT2D eigenvalue weighted by atomic mass is 9.96. The molecule has 8 heteroatoms. The Morgan fingerprint density at radius 1 is 0.778 bits per heavy atom. The Hall–Kier alpha value is -0.440. The van der Waals surface area contributed by atoms with Crippen LogP contribution in [0.3, 0.4) is 0 Å². The monoisotopic (exact) mass is 693 g/mol. The minimum Gasteiger partial charge on any atom is -1.00 e. The molecule has 0 aromatic heterocycles. The Morgan fingerprint density at radius 2 is 1.22 bits per heavy atom. The Balaban J connectivity index is -0.000000254. The van der Waals surface area contributed by atoms with Crippen molar-refractivity contribution in [3.63, 3.8) is 0 Å². The molecular weight excluding hydrogens is 616 g/mol. The number of amides is 1. The van der Waals surface area contributed by atoms with Crippen LogP contribution in [0, 0.1) is 27.6 Å². The van der Waals surface area contributed by atoms with E-state index in [1.807, 2.05) is 18.2 Å². The minimum absolute atomic E-state index is 0. The molecule has 0 aliphatic rings. The number of thiol groups is 2. The maximum Gasteiger partial charge on any atom is 0.252 e. The molecule has 0 radical (unpaired) electrons. The summed E-state index contributed by atoms with van der Waals surface area (Å²) >= 11 is 8.46. The molecule has 45 heavy (non-hydrogen) atoms. The molecule has 0 bridgehead atoms. The normalized spacial score (nSPS) is 12.6. The smallest absolute Gasteiger partial charge is 0.252 e. The zero-order valence-corrected chi connectivity index (χ0v) is 35.2. The van der Waals surface area contributed by atoms with E-state index in [-0.39, 0.29) is 23.7 Å². The fraction of sp³-hybridized carbons (Fsp3) is 0.811. The van der Waals surface area contributed by atoms with E-state index in [1.54, 1.807) is 6.07 Å². The van der Waals surface area contributed by atoms with E-state index in [2.05, 4.69) is 159 Å². The molecule has 3 N–H and O–H groups in total. The molecular formula is C37H77ClN4OS2. The maximum atomic E-state index is 11.8. The van der Waals surface area contributed by atoms with Crippen LogP contribution < -0.4 is 28.4 Å².